The maximum Gasteiger partial charge on any atom is 0.242 e. The third-order valence-corrected chi connectivity index (χ3v) is 5.47. The number of methoxy groups -OCH3 is 1. The summed E-state index contributed by atoms with van der Waals surface area (Å²) in [6.45, 7) is 8.16. The van der Waals surface area contributed by atoms with Gasteiger partial charge in [-0.3, -0.25) is 4.57 Å². The van der Waals surface area contributed by atoms with Gasteiger partial charge in [0.05, 0.1) is 25.2 Å². The van der Waals surface area contributed by atoms with Crippen LogP contribution in [0.2, 0.25) is 25.7 Å². The van der Waals surface area contributed by atoms with Crippen LogP contribution in [-0.4, -0.2) is 51.5 Å². The lowest BCUT2D eigenvalue weighted by molar-refractivity contribution is 0.0895. The molecule has 0 aliphatic heterocycles. The molecule has 25 heavy (non-hydrogen) atoms. The Morgan fingerprint density at radius 1 is 1.16 bits per heavy atom. The van der Waals surface area contributed by atoms with Crippen molar-refractivity contribution in [3.63, 3.8) is 0 Å². The molecule has 0 saturated heterocycles. The third kappa shape index (κ3) is 3.99. The summed E-state index contributed by atoms with van der Waals surface area (Å²) >= 11 is 0. The van der Waals surface area contributed by atoms with Crippen LogP contribution in [0.25, 0.3) is 22.4 Å². The van der Waals surface area contributed by atoms with Crippen LogP contribution in [-0.2, 0) is 11.5 Å². The molecule has 3 rings (SSSR count). The summed E-state index contributed by atoms with van der Waals surface area (Å²) in [7, 11) is 0.454. The molecule has 132 valence electrons. The Morgan fingerprint density at radius 3 is 2.76 bits per heavy atom. The van der Waals surface area contributed by atoms with E-state index in [0.717, 1.165) is 23.9 Å². The van der Waals surface area contributed by atoms with Crippen LogP contribution in [0.15, 0.2) is 24.9 Å². The number of fused-ring (bicyclic) bond motifs is 1. The molecule has 0 unspecified atom stereocenters. The highest BCUT2D eigenvalue weighted by molar-refractivity contribution is 6.76. The summed E-state index contributed by atoms with van der Waals surface area (Å²) in [6, 6.07) is 2.93. The highest BCUT2D eigenvalue weighted by atomic mass is 28.3. The lowest BCUT2D eigenvalue weighted by atomic mass is 10.2. The number of ether oxygens (including phenoxy) is 2. The average Bonchev–Trinajstić information content (AvgIpc) is 3.01. The number of hydrogen-bond donors (Lipinski definition) is 0. The van der Waals surface area contributed by atoms with Crippen molar-refractivity contribution in [2.45, 2.75) is 32.4 Å². The summed E-state index contributed by atoms with van der Waals surface area (Å²) in [6.07, 6.45) is 4.83. The van der Waals surface area contributed by atoms with E-state index in [1.807, 2.05) is 4.57 Å². The summed E-state index contributed by atoms with van der Waals surface area (Å²) < 4.78 is 13.0. The van der Waals surface area contributed by atoms with E-state index in [1.54, 1.807) is 25.7 Å². The van der Waals surface area contributed by atoms with Gasteiger partial charge in [0.15, 0.2) is 5.65 Å². The van der Waals surface area contributed by atoms with E-state index in [9.17, 15) is 0 Å². The second-order valence-corrected chi connectivity index (χ2v) is 12.5. The van der Waals surface area contributed by atoms with Crippen LogP contribution in [0, 0.1) is 0 Å². The molecule has 0 spiro atoms. The van der Waals surface area contributed by atoms with E-state index < -0.39 is 8.07 Å². The van der Waals surface area contributed by atoms with Crippen molar-refractivity contribution in [3.05, 3.63) is 24.9 Å². The fraction of sp³-hybridized carbons (Fsp3) is 0.438. The van der Waals surface area contributed by atoms with Gasteiger partial charge in [-0.2, -0.15) is 5.10 Å². The first-order valence-electron chi connectivity index (χ1n) is 8.09. The molecule has 3 heterocycles. The second-order valence-electron chi connectivity index (χ2n) is 6.91. The monoisotopic (exact) mass is 358 g/mol. The van der Waals surface area contributed by atoms with Crippen molar-refractivity contribution in [3.8, 4) is 17.1 Å². The van der Waals surface area contributed by atoms with E-state index in [1.165, 1.54) is 6.33 Å². The maximum atomic E-state index is 5.80. The van der Waals surface area contributed by atoms with Gasteiger partial charge >= 0.3 is 0 Å². The van der Waals surface area contributed by atoms with Gasteiger partial charge in [0, 0.05) is 14.7 Å². The van der Waals surface area contributed by atoms with Crippen LogP contribution >= 0.6 is 0 Å². The quantitative estimate of drug-likeness (QED) is 0.474. The maximum absolute atomic E-state index is 5.80. The minimum Gasteiger partial charge on any atom is -0.479 e. The third-order valence-electron chi connectivity index (χ3n) is 3.76. The molecular formula is C16H22N6O2Si. The predicted molar refractivity (Wildman–Crippen MR) is 97.0 cm³/mol. The number of nitrogens with zero attached hydrogens (tertiary/aromatic N) is 6. The Kier molecular flexibility index (Phi) is 5.05. The van der Waals surface area contributed by atoms with Crippen molar-refractivity contribution in [2.24, 2.45) is 0 Å². The molecule has 3 aromatic rings. The highest BCUT2D eigenvalue weighted by Gasteiger charge is 2.16. The van der Waals surface area contributed by atoms with E-state index in [0.29, 0.717) is 23.8 Å². The van der Waals surface area contributed by atoms with E-state index >= 15 is 0 Å². The zero-order valence-corrected chi connectivity index (χ0v) is 15.9. The van der Waals surface area contributed by atoms with Gasteiger partial charge in [0.25, 0.3) is 0 Å². The van der Waals surface area contributed by atoms with Crippen LogP contribution in [0.4, 0.5) is 0 Å². The first-order valence-corrected chi connectivity index (χ1v) is 11.8. The lowest BCUT2D eigenvalue weighted by Crippen LogP contribution is -2.22. The van der Waals surface area contributed by atoms with Crippen LogP contribution < -0.4 is 4.74 Å². The summed E-state index contributed by atoms with van der Waals surface area (Å²) in [5.41, 5.74) is 2.80. The largest absolute Gasteiger partial charge is 0.479 e. The minimum atomic E-state index is -1.10. The van der Waals surface area contributed by atoms with Crippen molar-refractivity contribution in [1.29, 1.82) is 0 Å². The van der Waals surface area contributed by atoms with E-state index in [2.05, 4.69) is 44.8 Å². The molecule has 0 amide bonds. The fourth-order valence-corrected chi connectivity index (χ4v) is 3.12. The number of imidazole rings is 1. The summed E-state index contributed by atoms with van der Waals surface area (Å²) in [5.74, 6) is 0.406. The van der Waals surface area contributed by atoms with Gasteiger partial charge < -0.3 is 9.47 Å². The van der Waals surface area contributed by atoms with E-state index in [4.69, 9.17) is 9.47 Å². The SMILES string of the molecule is COc1nnccc1-c1ncnc2c1ncn2COCC[Si](C)(C)C. The Bertz CT molecular complexity index is 861. The van der Waals surface area contributed by atoms with Gasteiger partial charge in [-0.05, 0) is 12.1 Å². The smallest absolute Gasteiger partial charge is 0.242 e. The molecule has 0 radical (unpaired) electrons. The second kappa shape index (κ2) is 7.24. The van der Waals surface area contributed by atoms with Crippen molar-refractivity contribution >= 4 is 19.2 Å². The zero-order chi connectivity index (χ0) is 17.9. The molecule has 8 nitrogen and oxygen atoms in total. The molecule has 0 aromatic carbocycles. The molecule has 0 aliphatic rings. The summed E-state index contributed by atoms with van der Waals surface area (Å²) in [5, 5.41) is 7.82. The number of rotatable bonds is 7. The van der Waals surface area contributed by atoms with Crippen LogP contribution in [0.5, 0.6) is 5.88 Å². The normalized spacial score (nSPS) is 11.8. The first-order chi connectivity index (χ1) is 12.0. The van der Waals surface area contributed by atoms with Gasteiger partial charge in [-0.25, -0.2) is 15.0 Å². The van der Waals surface area contributed by atoms with Gasteiger partial charge in [0.2, 0.25) is 5.88 Å². The Labute approximate surface area is 147 Å². The average molecular weight is 358 g/mol. The number of hydrogen-bond acceptors (Lipinski definition) is 7. The lowest BCUT2D eigenvalue weighted by Gasteiger charge is -2.15. The van der Waals surface area contributed by atoms with Crippen molar-refractivity contribution in [1.82, 2.24) is 29.7 Å². The number of aromatic nitrogens is 6. The molecular weight excluding hydrogens is 336 g/mol. The zero-order valence-electron chi connectivity index (χ0n) is 14.9. The molecule has 0 N–H and O–H groups in total. The van der Waals surface area contributed by atoms with Crippen LogP contribution in [0.1, 0.15) is 0 Å². The first kappa shape index (κ1) is 17.4. The Balaban J connectivity index is 1.85. The Hall–Kier alpha value is -2.39. The molecule has 9 heteroatoms. The Morgan fingerprint density at radius 2 is 2.00 bits per heavy atom. The predicted octanol–water partition coefficient (Wildman–Crippen LogP) is 2.60. The topological polar surface area (TPSA) is 87.8 Å². The van der Waals surface area contributed by atoms with Gasteiger partial charge in [-0.1, -0.05) is 19.6 Å². The fourth-order valence-electron chi connectivity index (χ4n) is 2.36. The van der Waals surface area contributed by atoms with E-state index in [-0.39, 0.29) is 0 Å². The van der Waals surface area contributed by atoms with Gasteiger partial charge in [-0.15, -0.1) is 5.10 Å². The molecule has 0 fully saturated rings. The summed E-state index contributed by atoms with van der Waals surface area (Å²) in [4.78, 5) is 13.2. The highest BCUT2D eigenvalue weighted by Crippen LogP contribution is 2.29. The van der Waals surface area contributed by atoms with Crippen molar-refractivity contribution < 1.29 is 9.47 Å². The molecule has 0 bridgehead atoms. The van der Waals surface area contributed by atoms with Crippen molar-refractivity contribution in [2.75, 3.05) is 13.7 Å². The standard InChI is InChI=1S/C16H22N6O2Si/c1-23-16-12(5-6-20-21-16)13-14-15(18-9-17-13)22(10-19-14)11-24-7-8-25(2,3)4/h5-6,9-10H,7-8,11H2,1-4H3. The van der Waals surface area contributed by atoms with Crippen LogP contribution in [0.3, 0.4) is 0 Å². The molecule has 0 saturated carbocycles. The minimum absolute atomic E-state index is 0.406. The molecule has 0 aliphatic carbocycles. The molecule has 0 atom stereocenters. The molecule has 3 aromatic heterocycles. The van der Waals surface area contributed by atoms with Gasteiger partial charge in [0.1, 0.15) is 24.3 Å².